The standard InChI is InChI=1S/C12H7Cl2NO4S/c13-7-1-3-8(4-2-7)20(18,19)15-10-6-11(16)9(14)5-12(10)17/h1-6,15H. The number of sulfonamides is 1. The summed E-state index contributed by atoms with van der Waals surface area (Å²) in [7, 11) is -3.97. The Bertz CT molecular complexity index is 748. The van der Waals surface area contributed by atoms with E-state index in [0.29, 0.717) is 5.02 Å². The molecule has 0 heterocycles. The molecule has 1 aromatic carbocycles. The molecule has 0 fully saturated rings. The first-order valence-corrected chi connectivity index (χ1v) is 7.49. The number of benzene rings is 1. The number of hydrogen-bond donors (Lipinski definition) is 1. The molecular formula is C12H7Cl2NO4S. The summed E-state index contributed by atoms with van der Waals surface area (Å²) < 4.78 is 26.1. The SMILES string of the molecule is O=C1C=C(NS(=O)(=O)c2ccc(Cl)cc2)C(=O)C=C1Cl. The second-order valence-electron chi connectivity index (χ2n) is 3.84. The van der Waals surface area contributed by atoms with E-state index < -0.39 is 21.6 Å². The summed E-state index contributed by atoms with van der Waals surface area (Å²) in [5.41, 5.74) is -0.352. The monoisotopic (exact) mass is 331 g/mol. The third-order valence-corrected chi connectivity index (χ3v) is 4.33. The molecule has 0 unspecified atom stereocenters. The van der Waals surface area contributed by atoms with Crippen LogP contribution in [0.1, 0.15) is 0 Å². The average molecular weight is 332 g/mol. The minimum absolute atomic E-state index is 0.0799. The van der Waals surface area contributed by atoms with E-state index in [1.807, 2.05) is 4.72 Å². The molecule has 2 rings (SSSR count). The maximum Gasteiger partial charge on any atom is 0.262 e. The van der Waals surface area contributed by atoms with Crippen LogP contribution in [0.2, 0.25) is 5.02 Å². The summed E-state index contributed by atoms with van der Waals surface area (Å²) in [6, 6.07) is 5.36. The number of allylic oxidation sites excluding steroid dienone is 3. The lowest BCUT2D eigenvalue weighted by Gasteiger charge is -2.12. The molecule has 0 amide bonds. The molecule has 20 heavy (non-hydrogen) atoms. The van der Waals surface area contributed by atoms with Crippen molar-refractivity contribution in [2.24, 2.45) is 0 Å². The summed E-state index contributed by atoms with van der Waals surface area (Å²) in [6.45, 7) is 0. The van der Waals surface area contributed by atoms with E-state index in [9.17, 15) is 18.0 Å². The quantitative estimate of drug-likeness (QED) is 0.856. The number of carbonyl (C=O) groups excluding carboxylic acids is 2. The molecule has 0 radical (unpaired) electrons. The van der Waals surface area contributed by atoms with Crippen LogP contribution in [0.25, 0.3) is 0 Å². The summed E-state index contributed by atoms with van der Waals surface area (Å²) in [5, 5.41) is 0.117. The van der Waals surface area contributed by atoms with Crippen LogP contribution in [0, 0.1) is 0 Å². The van der Waals surface area contributed by atoms with Crippen molar-refractivity contribution in [3.8, 4) is 0 Å². The highest BCUT2D eigenvalue weighted by atomic mass is 35.5. The fraction of sp³-hybridized carbons (Fsp3) is 0. The molecule has 1 aliphatic carbocycles. The molecule has 0 aromatic heterocycles. The maximum absolute atomic E-state index is 12.0. The highest BCUT2D eigenvalue weighted by Gasteiger charge is 2.23. The van der Waals surface area contributed by atoms with Crippen molar-refractivity contribution in [1.82, 2.24) is 4.72 Å². The van der Waals surface area contributed by atoms with Gasteiger partial charge in [0.15, 0.2) is 5.78 Å². The number of nitrogens with one attached hydrogen (secondary N) is 1. The maximum atomic E-state index is 12.0. The lowest BCUT2D eigenvalue weighted by Crippen LogP contribution is -2.29. The lowest BCUT2D eigenvalue weighted by atomic mass is 10.1. The van der Waals surface area contributed by atoms with Crippen molar-refractivity contribution in [3.63, 3.8) is 0 Å². The first-order valence-electron chi connectivity index (χ1n) is 5.25. The molecular weight excluding hydrogens is 325 g/mol. The van der Waals surface area contributed by atoms with Crippen molar-refractivity contribution in [2.75, 3.05) is 0 Å². The van der Waals surface area contributed by atoms with Gasteiger partial charge in [-0.3, -0.25) is 14.3 Å². The number of hydrogen-bond acceptors (Lipinski definition) is 4. The largest absolute Gasteiger partial charge is 0.288 e. The first-order chi connectivity index (χ1) is 9.29. The number of ketones is 2. The van der Waals surface area contributed by atoms with Gasteiger partial charge in [-0.25, -0.2) is 8.42 Å². The van der Waals surface area contributed by atoms with Gasteiger partial charge in [-0.2, -0.15) is 0 Å². The van der Waals surface area contributed by atoms with Crippen molar-refractivity contribution in [1.29, 1.82) is 0 Å². The molecule has 0 saturated carbocycles. The number of halogens is 2. The second kappa shape index (κ2) is 5.40. The minimum atomic E-state index is -3.97. The summed E-state index contributed by atoms with van der Waals surface area (Å²) in [5.74, 6) is -1.33. The minimum Gasteiger partial charge on any atom is -0.288 e. The van der Waals surface area contributed by atoms with Gasteiger partial charge in [0.1, 0.15) is 5.70 Å². The molecule has 1 N–H and O–H groups in total. The Morgan fingerprint density at radius 2 is 1.50 bits per heavy atom. The van der Waals surface area contributed by atoms with Crippen LogP contribution in [0.4, 0.5) is 0 Å². The van der Waals surface area contributed by atoms with Crippen molar-refractivity contribution in [3.05, 3.63) is 52.2 Å². The van der Waals surface area contributed by atoms with E-state index >= 15 is 0 Å². The Morgan fingerprint density at radius 1 is 0.900 bits per heavy atom. The van der Waals surface area contributed by atoms with Crippen LogP contribution in [0.5, 0.6) is 0 Å². The van der Waals surface area contributed by atoms with Crippen LogP contribution in [0.15, 0.2) is 52.0 Å². The smallest absolute Gasteiger partial charge is 0.262 e. The van der Waals surface area contributed by atoms with Crippen LogP contribution < -0.4 is 4.72 Å². The molecule has 5 nitrogen and oxygen atoms in total. The van der Waals surface area contributed by atoms with Crippen LogP contribution >= 0.6 is 23.2 Å². The molecule has 0 aliphatic heterocycles. The predicted molar refractivity (Wildman–Crippen MR) is 73.8 cm³/mol. The average Bonchev–Trinajstić information content (AvgIpc) is 2.36. The molecule has 1 aliphatic rings. The molecule has 8 heteroatoms. The van der Waals surface area contributed by atoms with Gasteiger partial charge in [-0.05, 0) is 24.3 Å². The zero-order valence-corrected chi connectivity index (χ0v) is 12.1. The summed E-state index contributed by atoms with van der Waals surface area (Å²) >= 11 is 11.2. The fourth-order valence-corrected chi connectivity index (χ4v) is 2.77. The molecule has 0 bridgehead atoms. The zero-order valence-electron chi connectivity index (χ0n) is 9.76. The highest BCUT2D eigenvalue weighted by Crippen LogP contribution is 2.17. The Labute approximate surface area is 124 Å². The first kappa shape index (κ1) is 14.8. The number of carbonyl (C=O) groups is 2. The van der Waals surface area contributed by atoms with Crippen molar-refractivity contribution in [2.45, 2.75) is 4.90 Å². The van der Waals surface area contributed by atoms with Gasteiger partial charge in [-0.1, -0.05) is 23.2 Å². The van der Waals surface area contributed by atoms with Gasteiger partial charge < -0.3 is 0 Å². The molecule has 104 valence electrons. The normalized spacial score (nSPS) is 15.7. The van der Waals surface area contributed by atoms with Gasteiger partial charge in [0.25, 0.3) is 10.0 Å². The molecule has 0 atom stereocenters. The van der Waals surface area contributed by atoms with Crippen LogP contribution in [0.3, 0.4) is 0 Å². The molecule has 0 saturated heterocycles. The zero-order chi connectivity index (χ0) is 14.9. The van der Waals surface area contributed by atoms with Crippen LogP contribution in [-0.2, 0) is 19.6 Å². The van der Waals surface area contributed by atoms with E-state index in [1.54, 1.807) is 0 Å². The Kier molecular flexibility index (Phi) is 3.99. The van der Waals surface area contributed by atoms with Gasteiger partial charge in [0.05, 0.1) is 9.93 Å². The Hall–Kier alpha value is -1.63. The van der Waals surface area contributed by atoms with Gasteiger partial charge in [0.2, 0.25) is 5.78 Å². The Morgan fingerprint density at radius 3 is 2.10 bits per heavy atom. The Balaban J connectivity index is 2.30. The fourth-order valence-electron chi connectivity index (χ4n) is 1.43. The third-order valence-electron chi connectivity index (χ3n) is 2.40. The van der Waals surface area contributed by atoms with E-state index in [4.69, 9.17) is 23.2 Å². The molecule has 1 aromatic rings. The van der Waals surface area contributed by atoms with Gasteiger partial charge >= 0.3 is 0 Å². The van der Waals surface area contributed by atoms with E-state index in [1.165, 1.54) is 24.3 Å². The van der Waals surface area contributed by atoms with Crippen molar-refractivity contribution < 1.29 is 18.0 Å². The third kappa shape index (κ3) is 3.09. The van der Waals surface area contributed by atoms with Crippen LogP contribution in [-0.4, -0.2) is 20.0 Å². The second-order valence-corrected chi connectivity index (χ2v) is 6.36. The number of rotatable bonds is 3. The van der Waals surface area contributed by atoms with E-state index in [2.05, 4.69) is 0 Å². The summed E-state index contributed by atoms with van der Waals surface area (Å²) in [4.78, 5) is 22.8. The van der Waals surface area contributed by atoms with Gasteiger partial charge in [0, 0.05) is 17.2 Å². The molecule has 0 spiro atoms. The summed E-state index contributed by atoms with van der Waals surface area (Å²) in [6.07, 6.45) is 1.71. The topological polar surface area (TPSA) is 80.3 Å². The van der Waals surface area contributed by atoms with Gasteiger partial charge in [-0.15, -0.1) is 0 Å². The van der Waals surface area contributed by atoms with E-state index in [-0.39, 0.29) is 15.6 Å². The predicted octanol–water partition coefficient (Wildman–Crippen LogP) is 1.78. The van der Waals surface area contributed by atoms with E-state index in [0.717, 1.165) is 12.2 Å². The lowest BCUT2D eigenvalue weighted by molar-refractivity contribution is -0.114. The highest BCUT2D eigenvalue weighted by molar-refractivity contribution is 7.89. The van der Waals surface area contributed by atoms with Crippen molar-refractivity contribution >= 4 is 44.8 Å².